The third-order valence-corrected chi connectivity index (χ3v) is 13.2. The van der Waals surface area contributed by atoms with E-state index in [1.807, 2.05) is 24.3 Å². The molecule has 0 bridgehead atoms. The molecule has 5 aromatic heterocycles. The predicted molar refractivity (Wildman–Crippen MR) is 262 cm³/mol. The van der Waals surface area contributed by atoms with Crippen LogP contribution in [0.3, 0.4) is 0 Å². The molecule has 0 aliphatic rings. The normalized spacial score (nSPS) is 12.1. The molecule has 5 heterocycles. The summed E-state index contributed by atoms with van der Waals surface area (Å²) >= 11 is 0. The van der Waals surface area contributed by atoms with Gasteiger partial charge in [0.05, 0.1) is 55.5 Å². The number of fused-ring (bicyclic) bond motifs is 13. The molecule has 0 atom stereocenters. The van der Waals surface area contributed by atoms with Crippen molar-refractivity contribution in [3.8, 4) is 39.6 Å². The van der Waals surface area contributed by atoms with Crippen molar-refractivity contribution in [2.45, 2.75) is 0 Å². The predicted octanol–water partition coefficient (Wildman–Crippen LogP) is 14.8. The van der Waals surface area contributed by atoms with Gasteiger partial charge in [-0.3, -0.25) is 0 Å². The highest BCUT2D eigenvalue weighted by Gasteiger charge is 2.22. The van der Waals surface area contributed by atoms with Gasteiger partial charge in [-0.1, -0.05) is 164 Å². The Morgan fingerprint density at radius 1 is 0.270 bits per heavy atom. The van der Waals surface area contributed by atoms with Crippen LogP contribution in [-0.4, -0.2) is 23.3 Å². The number of rotatable bonds is 4. The number of para-hydroxylation sites is 5. The van der Waals surface area contributed by atoms with Crippen LogP contribution in [0.1, 0.15) is 0 Å². The molecule has 5 heteroatoms. The van der Waals surface area contributed by atoms with E-state index in [0.717, 1.165) is 55.8 Å². The molecule has 0 saturated carbocycles. The van der Waals surface area contributed by atoms with E-state index >= 15 is 0 Å². The van der Waals surface area contributed by atoms with Gasteiger partial charge in [-0.15, -0.1) is 0 Å². The van der Waals surface area contributed by atoms with Crippen LogP contribution >= 0.6 is 0 Å². The van der Waals surface area contributed by atoms with Crippen LogP contribution in [0.15, 0.2) is 212 Å². The molecule has 14 aromatic rings. The number of hydrogen-bond donors (Lipinski definition) is 0. The Morgan fingerprint density at radius 2 is 0.698 bits per heavy atom. The molecular formula is C58H35N5. The van der Waals surface area contributed by atoms with E-state index in [2.05, 4.69) is 201 Å². The first kappa shape index (κ1) is 34.2. The Balaban J connectivity index is 1.08. The molecule has 9 aromatic carbocycles. The zero-order chi connectivity index (χ0) is 41.2. The summed E-state index contributed by atoms with van der Waals surface area (Å²) < 4.78 is 7.49. The summed E-state index contributed by atoms with van der Waals surface area (Å²) in [6.45, 7) is 0. The van der Waals surface area contributed by atoms with Gasteiger partial charge >= 0.3 is 0 Å². The second kappa shape index (κ2) is 13.0. The van der Waals surface area contributed by atoms with E-state index in [1.165, 1.54) is 65.2 Å². The highest BCUT2D eigenvalue weighted by Crippen LogP contribution is 2.43. The van der Waals surface area contributed by atoms with Crippen LogP contribution in [0.5, 0.6) is 0 Å². The number of hydrogen-bond acceptors (Lipinski definition) is 2. The van der Waals surface area contributed by atoms with Gasteiger partial charge in [0.25, 0.3) is 0 Å². The van der Waals surface area contributed by atoms with Crippen LogP contribution in [-0.2, 0) is 0 Å². The molecule has 0 N–H and O–H groups in total. The van der Waals surface area contributed by atoms with Crippen molar-refractivity contribution in [2.24, 2.45) is 0 Å². The largest absolute Gasteiger partial charge is 0.309 e. The Kier molecular flexibility index (Phi) is 7.05. The molecule has 0 fully saturated rings. The number of benzene rings is 9. The SMILES string of the molecule is c1ccc(-c2cc(-c3ccc(-n4c5ccccc5c5cc6c(cc54)n4c5ccccc5c5cccc(c7cccc8c9ccccc9n6c87)c54)cc3)nc(-c3ccccc3)n2)cc1. The van der Waals surface area contributed by atoms with Crippen LogP contribution in [0.25, 0.3) is 127 Å². The van der Waals surface area contributed by atoms with Crippen molar-refractivity contribution < 1.29 is 0 Å². The smallest absolute Gasteiger partial charge is 0.160 e. The molecule has 63 heavy (non-hydrogen) atoms. The fraction of sp³-hybridized carbons (Fsp3) is 0. The van der Waals surface area contributed by atoms with Crippen LogP contribution in [0, 0.1) is 0 Å². The fourth-order valence-corrected chi connectivity index (χ4v) is 10.5. The first-order valence-corrected chi connectivity index (χ1v) is 21.5. The average molecular weight is 802 g/mol. The topological polar surface area (TPSA) is 39.5 Å². The highest BCUT2D eigenvalue weighted by molar-refractivity contribution is 6.26. The van der Waals surface area contributed by atoms with Crippen molar-refractivity contribution in [2.75, 3.05) is 0 Å². The minimum absolute atomic E-state index is 0.707. The molecule has 0 saturated heterocycles. The third-order valence-electron chi connectivity index (χ3n) is 13.2. The van der Waals surface area contributed by atoms with Gasteiger partial charge in [0.15, 0.2) is 5.82 Å². The lowest BCUT2D eigenvalue weighted by Crippen LogP contribution is -1.98. The minimum atomic E-state index is 0.707. The lowest BCUT2D eigenvalue weighted by Gasteiger charge is -2.13. The maximum Gasteiger partial charge on any atom is 0.160 e. The van der Waals surface area contributed by atoms with Crippen molar-refractivity contribution in [3.05, 3.63) is 212 Å². The molecule has 14 rings (SSSR count). The van der Waals surface area contributed by atoms with Crippen molar-refractivity contribution in [1.82, 2.24) is 23.3 Å². The Morgan fingerprint density at radius 3 is 1.27 bits per heavy atom. The summed E-state index contributed by atoms with van der Waals surface area (Å²) in [6.07, 6.45) is 0. The van der Waals surface area contributed by atoms with E-state index in [1.54, 1.807) is 0 Å². The summed E-state index contributed by atoms with van der Waals surface area (Å²) in [5.41, 5.74) is 15.4. The Bertz CT molecular complexity index is 4120. The lowest BCUT2D eigenvalue weighted by atomic mass is 10.0. The van der Waals surface area contributed by atoms with Crippen molar-refractivity contribution >= 4 is 87.2 Å². The average Bonchev–Trinajstić information content (AvgIpc) is 3.99. The van der Waals surface area contributed by atoms with E-state index < -0.39 is 0 Å². The first-order valence-electron chi connectivity index (χ1n) is 21.5. The van der Waals surface area contributed by atoms with Gasteiger partial charge in [-0.25, -0.2) is 9.97 Å². The quantitative estimate of drug-likeness (QED) is 0.178. The second-order valence-corrected chi connectivity index (χ2v) is 16.6. The number of aromatic nitrogens is 5. The van der Waals surface area contributed by atoms with E-state index in [0.29, 0.717) is 5.82 Å². The van der Waals surface area contributed by atoms with E-state index in [-0.39, 0.29) is 0 Å². The van der Waals surface area contributed by atoms with Gasteiger partial charge in [0.1, 0.15) is 0 Å². The lowest BCUT2D eigenvalue weighted by molar-refractivity contribution is 1.17. The van der Waals surface area contributed by atoms with Gasteiger partial charge in [-0.05, 0) is 48.5 Å². The maximum absolute atomic E-state index is 5.14. The van der Waals surface area contributed by atoms with Crippen LogP contribution in [0.2, 0.25) is 0 Å². The third kappa shape index (κ3) is 4.87. The summed E-state index contributed by atoms with van der Waals surface area (Å²) in [4.78, 5) is 10.2. The molecule has 0 aliphatic carbocycles. The summed E-state index contributed by atoms with van der Waals surface area (Å²) in [6, 6.07) is 76.7. The number of nitrogens with zero attached hydrogens (tertiary/aromatic N) is 5. The first-order chi connectivity index (χ1) is 31.3. The molecule has 292 valence electrons. The minimum Gasteiger partial charge on any atom is -0.309 e. The zero-order valence-electron chi connectivity index (χ0n) is 33.9. The van der Waals surface area contributed by atoms with Gasteiger partial charge < -0.3 is 13.4 Å². The second-order valence-electron chi connectivity index (χ2n) is 16.6. The maximum atomic E-state index is 5.14. The molecule has 5 nitrogen and oxygen atoms in total. The molecular weight excluding hydrogens is 767 g/mol. The molecule has 0 spiro atoms. The zero-order valence-corrected chi connectivity index (χ0v) is 33.9. The van der Waals surface area contributed by atoms with Gasteiger partial charge in [0, 0.05) is 65.5 Å². The standard InChI is InChI=1S/C58H35N5/c1-3-15-36(16-4-1)48-34-49(60-58(59-48)38-17-5-2-6-18-38)37-29-31-39(32-30-37)61-50-26-10-9-21-42(50)47-33-54-55(35-53(47)61)63-52-28-12-8-20-41(52)44-23-14-25-46(57(44)63)45-24-13-22-43-40-19-7-11-27-51(40)62(54)56(43)45/h1-35H. The summed E-state index contributed by atoms with van der Waals surface area (Å²) in [5.74, 6) is 0.707. The highest BCUT2D eigenvalue weighted by atomic mass is 15.0. The van der Waals surface area contributed by atoms with E-state index in [9.17, 15) is 0 Å². The van der Waals surface area contributed by atoms with Crippen molar-refractivity contribution in [1.29, 1.82) is 0 Å². The van der Waals surface area contributed by atoms with Crippen LogP contribution < -0.4 is 0 Å². The van der Waals surface area contributed by atoms with Crippen LogP contribution in [0.4, 0.5) is 0 Å². The van der Waals surface area contributed by atoms with E-state index in [4.69, 9.17) is 9.97 Å². The Labute approximate surface area is 361 Å². The molecule has 0 amide bonds. The van der Waals surface area contributed by atoms with Gasteiger partial charge in [-0.2, -0.15) is 0 Å². The Hall–Kier alpha value is -8.54. The molecule has 0 radical (unpaired) electrons. The van der Waals surface area contributed by atoms with Gasteiger partial charge in [0.2, 0.25) is 0 Å². The van der Waals surface area contributed by atoms with Crippen molar-refractivity contribution in [3.63, 3.8) is 0 Å². The summed E-state index contributed by atoms with van der Waals surface area (Å²) in [5, 5.41) is 9.89. The summed E-state index contributed by atoms with van der Waals surface area (Å²) in [7, 11) is 0. The monoisotopic (exact) mass is 801 g/mol. The molecule has 0 aliphatic heterocycles. The molecule has 0 unspecified atom stereocenters. The fourth-order valence-electron chi connectivity index (χ4n) is 10.5.